The van der Waals surface area contributed by atoms with Crippen LogP contribution in [0.15, 0.2) is 18.2 Å². The van der Waals surface area contributed by atoms with Crippen LogP contribution in [-0.2, 0) is 0 Å². The molecule has 20 heavy (non-hydrogen) atoms. The Morgan fingerprint density at radius 3 is 2.25 bits per heavy atom. The van der Waals surface area contributed by atoms with Gasteiger partial charge in [0.2, 0.25) is 0 Å². The Hall–Kier alpha value is -0.240. The highest BCUT2D eigenvalue weighted by Gasteiger charge is 2.27. The largest absolute Gasteiger partial charge is 0.316 e. The average Bonchev–Trinajstić information content (AvgIpc) is 2.71. The highest BCUT2D eigenvalue weighted by molar-refractivity contribution is 6.36. The van der Waals surface area contributed by atoms with Gasteiger partial charge in [0, 0.05) is 22.5 Å². The number of hydrogen-bond acceptors (Lipinski definition) is 1. The molecule has 0 radical (unpaired) electrons. The van der Waals surface area contributed by atoms with E-state index in [1.165, 1.54) is 38.5 Å². The molecule has 0 aromatic heterocycles. The van der Waals surface area contributed by atoms with Gasteiger partial charge in [0.25, 0.3) is 0 Å². The Labute approximate surface area is 133 Å². The Bertz CT molecular complexity index is 391. The van der Waals surface area contributed by atoms with Crippen molar-refractivity contribution in [3.63, 3.8) is 0 Å². The molecule has 3 heteroatoms. The lowest BCUT2D eigenvalue weighted by atomic mass is 9.81. The van der Waals surface area contributed by atoms with Gasteiger partial charge in [-0.15, -0.1) is 0 Å². The second-order valence-electron chi connectivity index (χ2n) is 5.80. The third kappa shape index (κ3) is 4.13. The molecule has 1 unspecified atom stereocenters. The van der Waals surface area contributed by atoms with E-state index in [-0.39, 0.29) is 0 Å². The van der Waals surface area contributed by atoms with E-state index in [1.54, 1.807) is 0 Å². The van der Waals surface area contributed by atoms with Crippen molar-refractivity contribution in [3.8, 4) is 0 Å². The first-order valence-corrected chi connectivity index (χ1v) is 8.64. The van der Waals surface area contributed by atoms with Gasteiger partial charge >= 0.3 is 0 Å². The predicted octanol–water partition coefficient (Wildman–Crippen LogP) is 5.66. The molecule has 1 N–H and O–H groups in total. The summed E-state index contributed by atoms with van der Waals surface area (Å²) in [5, 5.41) is 5.15. The summed E-state index contributed by atoms with van der Waals surface area (Å²) in [5.74, 6) is 1.14. The number of nitrogens with one attached hydrogen (secondary N) is 1. The molecule has 1 aliphatic carbocycles. The number of halogens is 2. The van der Waals surface area contributed by atoms with Crippen molar-refractivity contribution in [2.45, 2.75) is 51.4 Å². The Morgan fingerprint density at radius 2 is 1.70 bits per heavy atom. The third-order valence-corrected chi connectivity index (χ3v) is 5.11. The standard InChI is InChI=1S/C17H25Cl2N/c1-2-20-12-14(13-8-5-3-4-6-9-13)17-15(18)10-7-11-16(17)19/h7,10-11,13-14,20H,2-6,8-9,12H2,1H3. The Morgan fingerprint density at radius 1 is 1.10 bits per heavy atom. The first-order chi connectivity index (χ1) is 9.74. The molecule has 0 heterocycles. The fraction of sp³-hybridized carbons (Fsp3) is 0.647. The number of hydrogen-bond donors (Lipinski definition) is 1. The van der Waals surface area contributed by atoms with Gasteiger partial charge in [-0.3, -0.25) is 0 Å². The van der Waals surface area contributed by atoms with Crippen LogP contribution in [0.3, 0.4) is 0 Å². The summed E-state index contributed by atoms with van der Waals surface area (Å²) in [5.41, 5.74) is 1.16. The van der Waals surface area contributed by atoms with Crippen LogP contribution in [0.1, 0.15) is 56.9 Å². The lowest BCUT2D eigenvalue weighted by Crippen LogP contribution is -2.27. The molecule has 1 aromatic rings. The predicted molar refractivity (Wildman–Crippen MR) is 88.9 cm³/mol. The number of likely N-dealkylation sites (N-methyl/N-ethyl adjacent to an activating group) is 1. The van der Waals surface area contributed by atoms with E-state index in [4.69, 9.17) is 23.2 Å². The molecular weight excluding hydrogens is 289 g/mol. The van der Waals surface area contributed by atoms with Crippen molar-refractivity contribution in [1.82, 2.24) is 5.32 Å². The van der Waals surface area contributed by atoms with Gasteiger partial charge in [-0.25, -0.2) is 0 Å². The molecule has 1 aliphatic rings. The van der Waals surface area contributed by atoms with Gasteiger partial charge in [0.05, 0.1) is 0 Å². The molecule has 0 bridgehead atoms. The van der Waals surface area contributed by atoms with Crippen LogP contribution in [0.5, 0.6) is 0 Å². The molecule has 0 aliphatic heterocycles. The molecule has 2 rings (SSSR count). The zero-order valence-corrected chi connectivity index (χ0v) is 13.8. The van der Waals surface area contributed by atoms with E-state index in [1.807, 2.05) is 18.2 Å². The summed E-state index contributed by atoms with van der Waals surface area (Å²) < 4.78 is 0. The normalized spacial score (nSPS) is 18.8. The minimum absolute atomic E-state index is 0.439. The van der Waals surface area contributed by atoms with Crippen LogP contribution < -0.4 is 5.32 Å². The SMILES string of the molecule is CCNCC(c1c(Cl)cccc1Cl)C1CCCCCC1. The van der Waals surface area contributed by atoms with Gasteiger partial charge in [0.1, 0.15) is 0 Å². The van der Waals surface area contributed by atoms with Crippen molar-refractivity contribution in [2.75, 3.05) is 13.1 Å². The second kappa shape index (κ2) is 8.26. The van der Waals surface area contributed by atoms with Crippen molar-refractivity contribution in [1.29, 1.82) is 0 Å². The molecule has 1 aromatic carbocycles. The minimum atomic E-state index is 0.439. The molecule has 1 fully saturated rings. The summed E-state index contributed by atoms with van der Waals surface area (Å²) in [4.78, 5) is 0. The summed E-state index contributed by atoms with van der Waals surface area (Å²) in [6.45, 7) is 4.12. The molecule has 0 spiro atoms. The molecule has 1 atom stereocenters. The Balaban J connectivity index is 2.25. The van der Waals surface area contributed by atoms with Crippen LogP contribution in [0, 0.1) is 5.92 Å². The number of rotatable bonds is 5. The van der Waals surface area contributed by atoms with Crippen molar-refractivity contribution < 1.29 is 0 Å². The monoisotopic (exact) mass is 313 g/mol. The zero-order chi connectivity index (χ0) is 14.4. The average molecular weight is 314 g/mol. The van der Waals surface area contributed by atoms with Gasteiger partial charge in [-0.2, -0.15) is 0 Å². The van der Waals surface area contributed by atoms with Gasteiger partial charge < -0.3 is 5.32 Å². The zero-order valence-electron chi connectivity index (χ0n) is 12.3. The maximum absolute atomic E-state index is 6.45. The topological polar surface area (TPSA) is 12.0 Å². The second-order valence-corrected chi connectivity index (χ2v) is 6.62. The summed E-state index contributed by atoms with van der Waals surface area (Å²) in [7, 11) is 0. The Kier molecular flexibility index (Phi) is 6.67. The fourth-order valence-corrected chi connectivity index (χ4v) is 4.06. The van der Waals surface area contributed by atoms with E-state index in [0.29, 0.717) is 11.8 Å². The molecular formula is C17H25Cl2N. The van der Waals surface area contributed by atoms with Crippen LogP contribution in [0.4, 0.5) is 0 Å². The minimum Gasteiger partial charge on any atom is -0.316 e. The fourth-order valence-electron chi connectivity index (χ4n) is 3.38. The molecule has 1 saturated carbocycles. The van der Waals surface area contributed by atoms with E-state index in [2.05, 4.69) is 12.2 Å². The highest BCUT2D eigenvalue weighted by atomic mass is 35.5. The smallest absolute Gasteiger partial charge is 0.0456 e. The molecule has 0 amide bonds. The van der Waals surface area contributed by atoms with E-state index >= 15 is 0 Å². The van der Waals surface area contributed by atoms with Crippen LogP contribution in [-0.4, -0.2) is 13.1 Å². The van der Waals surface area contributed by atoms with Crippen molar-refractivity contribution in [3.05, 3.63) is 33.8 Å². The van der Waals surface area contributed by atoms with E-state index < -0.39 is 0 Å². The van der Waals surface area contributed by atoms with Crippen LogP contribution in [0.2, 0.25) is 10.0 Å². The van der Waals surface area contributed by atoms with Crippen LogP contribution in [0.25, 0.3) is 0 Å². The lowest BCUT2D eigenvalue weighted by Gasteiger charge is -2.28. The first-order valence-electron chi connectivity index (χ1n) is 7.88. The number of benzene rings is 1. The summed E-state index contributed by atoms with van der Waals surface area (Å²) in [6, 6.07) is 5.88. The highest BCUT2D eigenvalue weighted by Crippen LogP contribution is 2.40. The maximum atomic E-state index is 6.45. The first kappa shape index (κ1) is 16.1. The molecule has 1 nitrogen and oxygen atoms in total. The summed E-state index contributed by atoms with van der Waals surface area (Å²) >= 11 is 12.9. The van der Waals surface area contributed by atoms with Crippen molar-refractivity contribution >= 4 is 23.2 Å². The lowest BCUT2D eigenvalue weighted by molar-refractivity contribution is 0.363. The summed E-state index contributed by atoms with van der Waals surface area (Å²) in [6.07, 6.45) is 8.04. The quantitative estimate of drug-likeness (QED) is 0.692. The van der Waals surface area contributed by atoms with Crippen LogP contribution >= 0.6 is 23.2 Å². The molecule has 0 saturated heterocycles. The van der Waals surface area contributed by atoms with Gasteiger partial charge in [0.15, 0.2) is 0 Å². The van der Waals surface area contributed by atoms with Gasteiger partial charge in [-0.1, -0.05) is 61.9 Å². The van der Waals surface area contributed by atoms with E-state index in [9.17, 15) is 0 Å². The molecule has 112 valence electrons. The third-order valence-electron chi connectivity index (χ3n) is 4.45. The van der Waals surface area contributed by atoms with Gasteiger partial charge in [-0.05, 0) is 43.0 Å². The maximum Gasteiger partial charge on any atom is 0.0456 e. The van der Waals surface area contributed by atoms with Crippen molar-refractivity contribution in [2.24, 2.45) is 5.92 Å². The van der Waals surface area contributed by atoms with E-state index in [0.717, 1.165) is 28.7 Å².